The molecule has 3 N–H and O–H groups in total. The monoisotopic (exact) mass is 781 g/mol. The van der Waals surface area contributed by atoms with E-state index in [4.69, 9.17) is 21.7 Å². The summed E-state index contributed by atoms with van der Waals surface area (Å²) >= 11 is 6.21. The van der Waals surface area contributed by atoms with Crippen LogP contribution in [0.3, 0.4) is 0 Å². The van der Waals surface area contributed by atoms with E-state index in [9.17, 15) is 57.1 Å². The first kappa shape index (κ1) is 37.1. The van der Waals surface area contributed by atoms with Crippen LogP contribution < -0.4 is 30.0 Å². The van der Waals surface area contributed by atoms with Gasteiger partial charge in [-0.2, -0.15) is 0 Å². The molecule has 2 aliphatic rings. The molecule has 1 amide bonds. The SMILES string of the molecule is CCC(C=C1Oc2ccccc2N1CCCS(=O)(=O)[O-])=c1s/c(=c2/s/c(=C3/OC(=S)N(CC(=O)O)C3=O)n(CC(=O)O)c2=O)n(CC(=O)O)c1=O. The Kier molecular flexibility index (Phi) is 10.6. The number of carboxylic acids is 3. The standard InChI is InChI=1S/C29H26N4O14S4/c1-2-14(10-17-30(8-5-9-51(43,44)45)15-6-3-4-7-16(15)46-17)22-25(41)32(12-19(36)37)28(49-22)23-26(42)31(11-18(34)35)27(50-23)21-24(40)33(13-20(38)39)29(48)47-21/h3-4,6-7,10H,2,5,8-9,11-13H2,1H3,(H,34,35)(H,36,37)(H,38,39)(H,43,44,45)/p-1/b17-10?,22-14?,27-21+,28-23+. The zero-order valence-electron chi connectivity index (χ0n) is 26.1. The number of thiazole rings is 2. The number of carbonyl (C=O) groups excluding carboxylic acids is 1. The second-order valence-electron chi connectivity index (χ2n) is 10.7. The summed E-state index contributed by atoms with van der Waals surface area (Å²) in [6.07, 6.45) is 1.61. The number of fused-ring (bicyclic) bond motifs is 1. The number of ether oxygens (including phenoxy) is 2. The van der Waals surface area contributed by atoms with Gasteiger partial charge in [0.2, 0.25) is 11.6 Å². The Bertz CT molecular complexity index is 2490. The highest BCUT2D eigenvalue weighted by Gasteiger charge is 2.37. The number of allylic oxidation sites excluding steroid dienone is 1. The number of amides is 1. The smallest absolute Gasteiger partial charge is 0.323 e. The van der Waals surface area contributed by atoms with Gasteiger partial charge in [0, 0.05) is 18.4 Å². The number of hydrogen-bond acceptors (Lipinski definition) is 15. The van der Waals surface area contributed by atoms with Crippen LogP contribution in [0.5, 0.6) is 5.75 Å². The van der Waals surface area contributed by atoms with Gasteiger partial charge in [0.1, 0.15) is 33.5 Å². The molecule has 18 nitrogen and oxygen atoms in total. The van der Waals surface area contributed by atoms with Gasteiger partial charge in [0.05, 0.1) is 20.3 Å². The number of aliphatic carboxylic acids is 3. The molecule has 0 spiro atoms. The van der Waals surface area contributed by atoms with Crippen molar-refractivity contribution in [3.8, 4) is 5.75 Å². The van der Waals surface area contributed by atoms with Crippen LogP contribution in [-0.2, 0) is 47.1 Å². The first-order valence-electron chi connectivity index (χ1n) is 14.6. The Balaban J connectivity index is 1.79. The van der Waals surface area contributed by atoms with Crippen LogP contribution in [0.1, 0.15) is 19.8 Å². The quantitative estimate of drug-likeness (QED) is 0.150. The van der Waals surface area contributed by atoms with Gasteiger partial charge in [0.15, 0.2) is 5.75 Å². The lowest BCUT2D eigenvalue weighted by Crippen LogP contribution is -2.35. The van der Waals surface area contributed by atoms with Crippen LogP contribution in [-0.4, -0.2) is 90.2 Å². The van der Waals surface area contributed by atoms with Gasteiger partial charge in [-0.15, -0.1) is 22.7 Å². The molecule has 0 saturated carbocycles. The lowest BCUT2D eigenvalue weighted by Gasteiger charge is -2.19. The molecule has 270 valence electrons. The summed E-state index contributed by atoms with van der Waals surface area (Å²) in [5.74, 6) is -6.14. The van der Waals surface area contributed by atoms with Crippen LogP contribution in [0.2, 0.25) is 0 Å². The molecular weight excluding hydrogens is 757 g/mol. The summed E-state index contributed by atoms with van der Waals surface area (Å²) < 4.78 is 45.7. The summed E-state index contributed by atoms with van der Waals surface area (Å²) in [5, 5.41) is 27.9. The fraction of sp³-hybridized carbons (Fsp3) is 0.276. The van der Waals surface area contributed by atoms with Crippen molar-refractivity contribution >= 4 is 91.0 Å². The molecule has 1 saturated heterocycles. The maximum Gasteiger partial charge on any atom is 0.323 e. The molecule has 1 aromatic carbocycles. The van der Waals surface area contributed by atoms with Gasteiger partial charge in [0.25, 0.3) is 16.3 Å². The molecule has 1 fully saturated rings. The van der Waals surface area contributed by atoms with E-state index >= 15 is 0 Å². The number of carbonyl (C=O) groups is 4. The summed E-state index contributed by atoms with van der Waals surface area (Å²) in [6, 6.07) is 6.78. The zero-order chi connectivity index (χ0) is 37.4. The number of para-hydroxylation sites is 2. The topological polar surface area (TPSA) is 255 Å². The molecule has 3 aromatic rings. The number of anilines is 1. The van der Waals surface area contributed by atoms with Gasteiger partial charge >= 0.3 is 23.8 Å². The number of carboxylic acid groups (broad SMARTS) is 3. The van der Waals surface area contributed by atoms with Gasteiger partial charge in [-0.25, -0.2) is 8.42 Å². The van der Waals surface area contributed by atoms with E-state index in [1.165, 1.54) is 6.08 Å². The largest absolute Gasteiger partial charge is 0.748 e. The van der Waals surface area contributed by atoms with E-state index in [1.807, 2.05) is 0 Å². The summed E-state index contributed by atoms with van der Waals surface area (Å²) in [7, 11) is -4.51. The van der Waals surface area contributed by atoms with E-state index in [0.717, 1.165) is 15.9 Å². The molecule has 0 radical (unpaired) electrons. The Labute approximate surface area is 298 Å². The van der Waals surface area contributed by atoms with Gasteiger partial charge in [-0.1, -0.05) is 19.1 Å². The fourth-order valence-corrected chi connectivity index (χ4v) is 8.31. The average molecular weight is 782 g/mol. The molecule has 2 aromatic heterocycles. The number of hydrogen-bond donors (Lipinski definition) is 3. The molecule has 0 aliphatic carbocycles. The Hall–Kier alpha value is -5.16. The van der Waals surface area contributed by atoms with E-state index in [2.05, 4.69) is 0 Å². The number of nitrogens with zero attached hydrogens (tertiary/aromatic N) is 4. The predicted octanol–water partition coefficient (Wildman–Crippen LogP) is -0.838. The summed E-state index contributed by atoms with van der Waals surface area (Å²) in [5.41, 5.74) is -0.952. The first-order chi connectivity index (χ1) is 24.0. The van der Waals surface area contributed by atoms with Crippen LogP contribution in [0.25, 0.3) is 11.3 Å². The van der Waals surface area contributed by atoms with Crippen molar-refractivity contribution in [1.29, 1.82) is 0 Å². The molecule has 0 bridgehead atoms. The van der Waals surface area contributed by atoms with Crippen LogP contribution in [0.4, 0.5) is 5.69 Å². The van der Waals surface area contributed by atoms with E-state index in [-0.39, 0.29) is 43.7 Å². The zero-order valence-corrected chi connectivity index (χ0v) is 29.4. The molecule has 22 heteroatoms. The highest BCUT2D eigenvalue weighted by Crippen LogP contribution is 2.39. The molecule has 51 heavy (non-hydrogen) atoms. The van der Waals surface area contributed by atoms with Gasteiger partial charge in [-0.05, 0) is 42.8 Å². The molecule has 2 aliphatic heterocycles. The number of benzene rings is 1. The summed E-state index contributed by atoms with van der Waals surface area (Å²) in [4.78, 5) is 77.9. The van der Waals surface area contributed by atoms with E-state index in [0.29, 0.717) is 37.8 Å². The Morgan fingerprint density at radius 3 is 2.14 bits per heavy atom. The van der Waals surface area contributed by atoms with Crippen LogP contribution in [0.15, 0.2) is 45.8 Å². The van der Waals surface area contributed by atoms with Crippen molar-refractivity contribution in [2.75, 3.05) is 23.7 Å². The fourth-order valence-electron chi connectivity index (χ4n) is 5.12. The van der Waals surface area contributed by atoms with Crippen LogP contribution >= 0.6 is 34.9 Å². The van der Waals surface area contributed by atoms with Crippen molar-refractivity contribution in [2.45, 2.75) is 32.9 Å². The molecule has 0 unspecified atom stereocenters. The highest BCUT2D eigenvalue weighted by molar-refractivity contribution is 7.85. The molecule has 5 rings (SSSR count). The molecular formula is C29H25N4O14S4-. The Morgan fingerprint density at radius 1 is 0.902 bits per heavy atom. The predicted molar refractivity (Wildman–Crippen MR) is 181 cm³/mol. The maximum atomic E-state index is 13.9. The second-order valence-corrected chi connectivity index (χ2v) is 14.6. The average Bonchev–Trinajstić information content (AvgIpc) is 3.73. The first-order valence-corrected chi connectivity index (χ1v) is 18.2. The number of aromatic nitrogens is 2. The van der Waals surface area contributed by atoms with Crippen molar-refractivity contribution < 1.29 is 56.9 Å². The highest BCUT2D eigenvalue weighted by atomic mass is 32.2. The number of thiocarbonyl (C=S) groups is 1. The van der Waals surface area contributed by atoms with E-state index in [1.54, 1.807) is 36.1 Å². The lowest BCUT2D eigenvalue weighted by molar-refractivity contribution is -0.140. The lowest BCUT2D eigenvalue weighted by atomic mass is 10.2. The van der Waals surface area contributed by atoms with Crippen molar-refractivity contribution in [2.24, 2.45) is 0 Å². The minimum Gasteiger partial charge on any atom is -0.748 e. The minimum absolute atomic E-state index is 0.0170. The maximum absolute atomic E-state index is 13.9. The molecule has 0 atom stereocenters. The van der Waals surface area contributed by atoms with Crippen molar-refractivity contribution in [3.63, 3.8) is 0 Å². The third-order valence-electron chi connectivity index (χ3n) is 7.27. The summed E-state index contributed by atoms with van der Waals surface area (Å²) in [6.45, 7) is -1.04. The van der Waals surface area contributed by atoms with Gasteiger partial charge < -0.3 is 34.2 Å². The van der Waals surface area contributed by atoms with Crippen molar-refractivity contribution in [3.05, 3.63) is 75.3 Å². The minimum atomic E-state index is -4.51. The van der Waals surface area contributed by atoms with Crippen molar-refractivity contribution in [1.82, 2.24) is 14.0 Å². The second kappa shape index (κ2) is 14.6. The van der Waals surface area contributed by atoms with Gasteiger partial charge in [-0.3, -0.25) is 42.8 Å². The number of rotatable bonds is 12. The third-order valence-corrected chi connectivity index (χ3v) is 10.9. The van der Waals surface area contributed by atoms with E-state index < -0.39 is 81.4 Å². The normalized spacial score (nSPS) is 17.4. The Morgan fingerprint density at radius 2 is 1.53 bits per heavy atom. The third kappa shape index (κ3) is 7.78. The van der Waals surface area contributed by atoms with Crippen LogP contribution in [0, 0.1) is 9.20 Å². The molecule has 4 heterocycles.